The Morgan fingerprint density at radius 2 is 2.50 bits per heavy atom. The van der Waals surface area contributed by atoms with Crippen LogP contribution in [0.4, 0.5) is 5.69 Å². The summed E-state index contributed by atoms with van der Waals surface area (Å²) in [7, 11) is 0. The average molecular weight is 240 g/mol. The van der Waals surface area contributed by atoms with Crippen molar-refractivity contribution in [3.63, 3.8) is 0 Å². The van der Waals surface area contributed by atoms with E-state index < -0.39 is 11.9 Å². The van der Waals surface area contributed by atoms with Crippen LogP contribution >= 0.6 is 11.3 Å². The zero-order valence-electron chi connectivity index (χ0n) is 8.59. The summed E-state index contributed by atoms with van der Waals surface area (Å²) < 4.78 is 5.22. The van der Waals surface area contributed by atoms with Gasteiger partial charge in [-0.3, -0.25) is 9.59 Å². The van der Waals surface area contributed by atoms with Crippen LogP contribution in [0.2, 0.25) is 0 Å². The fourth-order valence-corrected chi connectivity index (χ4v) is 2.41. The van der Waals surface area contributed by atoms with E-state index in [4.69, 9.17) is 10.5 Å². The maximum Gasteiger partial charge on any atom is 0.242 e. The molecular formula is C10H12N2O3S. The first-order chi connectivity index (χ1) is 7.72. The molecule has 16 heavy (non-hydrogen) atoms. The maximum absolute atomic E-state index is 11.2. The van der Waals surface area contributed by atoms with Gasteiger partial charge in [0.25, 0.3) is 0 Å². The van der Waals surface area contributed by atoms with Crippen LogP contribution in [-0.2, 0) is 9.53 Å². The third-order valence-corrected chi connectivity index (χ3v) is 3.36. The molecule has 1 saturated heterocycles. The highest BCUT2D eigenvalue weighted by molar-refractivity contribution is 7.12. The number of primary amides is 1. The summed E-state index contributed by atoms with van der Waals surface area (Å²) in [4.78, 5) is 24.4. The van der Waals surface area contributed by atoms with Crippen LogP contribution in [-0.4, -0.2) is 38.0 Å². The van der Waals surface area contributed by atoms with E-state index in [-0.39, 0.29) is 0 Å². The summed E-state index contributed by atoms with van der Waals surface area (Å²) in [5.74, 6) is -0.404. The molecule has 1 amide bonds. The zero-order valence-corrected chi connectivity index (χ0v) is 9.40. The molecule has 5 nitrogen and oxygen atoms in total. The number of carbonyl (C=O) groups is 2. The van der Waals surface area contributed by atoms with Gasteiger partial charge in [-0.05, 0) is 6.07 Å². The van der Waals surface area contributed by atoms with Gasteiger partial charge in [0.15, 0.2) is 6.29 Å². The molecule has 2 rings (SSSR count). The van der Waals surface area contributed by atoms with E-state index in [0.717, 1.165) is 12.0 Å². The second-order valence-corrected chi connectivity index (χ2v) is 4.45. The molecule has 0 aliphatic carbocycles. The number of hydrogen-bond acceptors (Lipinski definition) is 5. The standard InChI is InChI=1S/C10H12N2O3S/c11-10(14)9-5-15-2-1-12(9)7-3-8(4-13)16-6-7/h3-4,6,9H,1-2,5H2,(H2,11,14). The van der Waals surface area contributed by atoms with E-state index in [1.165, 1.54) is 11.3 Å². The van der Waals surface area contributed by atoms with E-state index in [9.17, 15) is 9.59 Å². The SMILES string of the molecule is NC(=O)C1COCCN1c1csc(C=O)c1. The molecule has 86 valence electrons. The highest BCUT2D eigenvalue weighted by Gasteiger charge is 2.28. The van der Waals surface area contributed by atoms with Crippen molar-refractivity contribution in [3.8, 4) is 0 Å². The molecule has 1 aromatic heterocycles. The molecule has 1 aliphatic rings. The Hall–Kier alpha value is -1.40. The van der Waals surface area contributed by atoms with Gasteiger partial charge in [0.05, 0.1) is 18.1 Å². The molecular weight excluding hydrogens is 228 g/mol. The monoisotopic (exact) mass is 240 g/mol. The molecule has 0 bridgehead atoms. The fraction of sp³-hybridized carbons (Fsp3) is 0.400. The van der Waals surface area contributed by atoms with Gasteiger partial charge in [-0.2, -0.15) is 0 Å². The van der Waals surface area contributed by atoms with Gasteiger partial charge in [-0.1, -0.05) is 0 Å². The lowest BCUT2D eigenvalue weighted by molar-refractivity contribution is -0.121. The molecule has 1 aromatic rings. The van der Waals surface area contributed by atoms with Crippen LogP contribution in [0.5, 0.6) is 0 Å². The molecule has 0 radical (unpaired) electrons. The number of rotatable bonds is 3. The van der Waals surface area contributed by atoms with Crippen LogP contribution in [0.1, 0.15) is 9.67 Å². The summed E-state index contributed by atoms with van der Waals surface area (Å²) in [5.41, 5.74) is 6.17. The number of ether oxygens (including phenoxy) is 1. The van der Waals surface area contributed by atoms with E-state index in [2.05, 4.69) is 0 Å². The number of hydrogen-bond donors (Lipinski definition) is 1. The van der Waals surface area contributed by atoms with Gasteiger partial charge >= 0.3 is 0 Å². The third kappa shape index (κ3) is 2.07. The second kappa shape index (κ2) is 4.63. The van der Waals surface area contributed by atoms with Gasteiger partial charge < -0.3 is 15.4 Å². The second-order valence-electron chi connectivity index (χ2n) is 3.51. The van der Waals surface area contributed by atoms with Crippen molar-refractivity contribution >= 4 is 29.2 Å². The van der Waals surface area contributed by atoms with Gasteiger partial charge in [-0.15, -0.1) is 11.3 Å². The number of morpholine rings is 1. The average Bonchev–Trinajstić information content (AvgIpc) is 2.77. The summed E-state index contributed by atoms with van der Waals surface area (Å²) in [6.45, 7) is 1.49. The van der Waals surface area contributed by atoms with Crippen molar-refractivity contribution in [1.82, 2.24) is 0 Å². The summed E-state index contributed by atoms with van der Waals surface area (Å²) in [6, 6.07) is 1.32. The first-order valence-electron chi connectivity index (χ1n) is 4.90. The largest absolute Gasteiger partial charge is 0.377 e. The highest BCUT2D eigenvalue weighted by Crippen LogP contribution is 2.25. The Morgan fingerprint density at radius 1 is 1.69 bits per heavy atom. The minimum absolute atomic E-state index is 0.307. The molecule has 2 heterocycles. The lowest BCUT2D eigenvalue weighted by Gasteiger charge is -2.34. The van der Waals surface area contributed by atoms with Crippen molar-refractivity contribution in [3.05, 3.63) is 16.3 Å². The maximum atomic E-state index is 11.2. The van der Waals surface area contributed by atoms with Crippen molar-refractivity contribution in [2.75, 3.05) is 24.7 Å². The fourth-order valence-electron chi connectivity index (χ4n) is 1.70. The Morgan fingerprint density at radius 3 is 3.12 bits per heavy atom. The van der Waals surface area contributed by atoms with Crippen molar-refractivity contribution in [2.24, 2.45) is 5.73 Å². The van der Waals surface area contributed by atoms with Crippen LogP contribution in [0, 0.1) is 0 Å². The molecule has 1 unspecified atom stereocenters. The smallest absolute Gasteiger partial charge is 0.242 e. The van der Waals surface area contributed by atoms with E-state index in [1.54, 1.807) is 6.07 Å². The highest BCUT2D eigenvalue weighted by atomic mass is 32.1. The molecule has 0 spiro atoms. The number of nitrogens with two attached hydrogens (primary N) is 1. The summed E-state index contributed by atoms with van der Waals surface area (Å²) >= 11 is 1.35. The number of thiophene rings is 1. The first-order valence-corrected chi connectivity index (χ1v) is 5.77. The van der Waals surface area contributed by atoms with Crippen LogP contribution in [0.15, 0.2) is 11.4 Å². The van der Waals surface area contributed by atoms with Gasteiger partial charge in [0.2, 0.25) is 5.91 Å². The number of anilines is 1. The molecule has 1 fully saturated rings. The number of aldehydes is 1. The quantitative estimate of drug-likeness (QED) is 0.769. The predicted octanol–water partition coefficient (Wildman–Crippen LogP) is 0.251. The van der Waals surface area contributed by atoms with Gasteiger partial charge in [-0.25, -0.2) is 0 Å². The third-order valence-electron chi connectivity index (χ3n) is 2.51. The molecule has 6 heteroatoms. The predicted molar refractivity (Wildman–Crippen MR) is 60.9 cm³/mol. The molecule has 1 aliphatic heterocycles. The topological polar surface area (TPSA) is 72.6 Å². The molecule has 2 N–H and O–H groups in total. The lowest BCUT2D eigenvalue weighted by Crippen LogP contribution is -2.52. The van der Waals surface area contributed by atoms with E-state index >= 15 is 0 Å². The lowest BCUT2D eigenvalue weighted by atomic mass is 10.2. The zero-order chi connectivity index (χ0) is 11.5. The normalized spacial score (nSPS) is 20.8. The van der Waals surface area contributed by atoms with Crippen LogP contribution in [0.25, 0.3) is 0 Å². The minimum Gasteiger partial charge on any atom is -0.377 e. The molecule has 0 aromatic carbocycles. The Bertz CT molecular complexity index is 405. The number of amides is 1. The molecule has 1 atom stereocenters. The molecule has 0 saturated carbocycles. The van der Waals surface area contributed by atoms with E-state index in [1.807, 2.05) is 10.3 Å². The van der Waals surface area contributed by atoms with E-state index in [0.29, 0.717) is 24.6 Å². The minimum atomic E-state index is -0.442. The van der Waals surface area contributed by atoms with Crippen molar-refractivity contribution in [2.45, 2.75) is 6.04 Å². The Labute approximate surface area is 96.8 Å². The summed E-state index contributed by atoms with van der Waals surface area (Å²) in [6.07, 6.45) is 0.799. The Kier molecular flexibility index (Phi) is 3.21. The first kappa shape index (κ1) is 11.1. The number of carbonyl (C=O) groups excluding carboxylic acids is 2. The van der Waals surface area contributed by atoms with Crippen LogP contribution in [0.3, 0.4) is 0 Å². The van der Waals surface area contributed by atoms with Crippen LogP contribution < -0.4 is 10.6 Å². The van der Waals surface area contributed by atoms with Gasteiger partial charge in [0.1, 0.15) is 6.04 Å². The van der Waals surface area contributed by atoms with Gasteiger partial charge in [0, 0.05) is 17.6 Å². The summed E-state index contributed by atoms with van der Waals surface area (Å²) in [5, 5.41) is 1.85. The van der Waals surface area contributed by atoms with Crippen molar-refractivity contribution < 1.29 is 14.3 Å². The van der Waals surface area contributed by atoms with Crippen molar-refractivity contribution in [1.29, 1.82) is 0 Å². The Balaban J connectivity index is 2.22. The number of nitrogens with zero attached hydrogens (tertiary/aromatic N) is 1.